The Labute approximate surface area is 208 Å². The van der Waals surface area contributed by atoms with Crippen LogP contribution in [0.1, 0.15) is 46.7 Å². The van der Waals surface area contributed by atoms with Crippen LogP contribution in [0.15, 0.2) is 58.8 Å². The highest BCUT2D eigenvalue weighted by molar-refractivity contribution is 7.89. The third kappa shape index (κ3) is 6.56. The van der Waals surface area contributed by atoms with Crippen LogP contribution in [0.25, 0.3) is 0 Å². The number of aryl methyl sites for hydroxylation is 1. The van der Waals surface area contributed by atoms with Gasteiger partial charge < -0.3 is 10.1 Å². The number of hydrogen-bond donors (Lipinski definition) is 2. The van der Waals surface area contributed by atoms with Crippen molar-refractivity contribution in [1.82, 2.24) is 15.0 Å². The van der Waals surface area contributed by atoms with Gasteiger partial charge in [0.25, 0.3) is 5.91 Å². The molecule has 0 atom stereocenters. The van der Waals surface area contributed by atoms with E-state index < -0.39 is 10.0 Å². The molecular formula is C24H26ClN3O4S2. The first kappa shape index (κ1) is 24.7. The number of sulfonamides is 1. The molecule has 3 aromatic rings. The van der Waals surface area contributed by atoms with E-state index in [9.17, 15) is 13.2 Å². The molecule has 0 unspecified atom stereocenters. The van der Waals surface area contributed by atoms with Gasteiger partial charge >= 0.3 is 0 Å². The van der Waals surface area contributed by atoms with Crippen molar-refractivity contribution in [2.75, 3.05) is 0 Å². The number of benzene rings is 2. The highest BCUT2D eigenvalue weighted by atomic mass is 35.5. The minimum Gasteiger partial charge on any atom is -0.486 e. The number of amides is 1. The molecule has 34 heavy (non-hydrogen) atoms. The number of rotatable bonds is 8. The highest BCUT2D eigenvalue weighted by Crippen LogP contribution is 2.22. The smallest absolute Gasteiger partial charge is 0.270 e. The maximum Gasteiger partial charge on any atom is 0.270 e. The molecule has 1 aromatic heterocycles. The first-order valence-corrected chi connectivity index (χ1v) is 13.8. The van der Waals surface area contributed by atoms with Crippen LogP contribution in [-0.2, 0) is 16.6 Å². The summed E-state index contributed by atoms with van der Waals surface area (Å²) in [5.41, 5.74) is 1.53. The van der Waals surface area contributed by atoms with Crippen LogP contribution >= 0.6 is 22.9 Å². The van der Waals surface area contributed by atoms with Gasteiger partial charge in [-0.2, -0.15) is 0 Å². The van der Waals surface area contributed by atoms with Gasteiger partial charge in [0.1, 0.15) is 23.1 Å². The van der Waals surface area contributed by atoms with E-state index in [2.05, 4.69) is 15.0 Å². The molecule has 1 fully saturated rings. The van der Waals surface area contributed by atoms with Gasteiger partial charge in [0.15, 0.2) is 0 Å². The molecule has 7 nitrogen and oxygen atoms in total. The van der Waals surface area contributed by atoms with Crippen LogP contribution in [0.5, 0.6) is 5.75 Å². The van der Waals surface area contributed by atoms with E-state index in [4.69, 9.17) is 16.3 Å². The van der Waals surface area contributed by atoms with Gasteiger partial charge in [-0.1, -0.05) is 29.3 Å². The number of thiazole rings is 1. The van der Waals surface area contributed by atoms with Crippen LogP contribution in [0.4, 0.5) is 0 Å². The summed E-state index contributed by atoms with van der Waals surface area (Å²) in [4.78, 5) is 17.2. The second kappa shape index (κ2) is 10.9. The Bertz CT molecular complexity index is 1220. The third-order valence-electron chi connectivity index (χ3n) is 5.68. The first-order valence-electron chi connectivity index (χ1n) is 11.0. The van der Waals surface area contributed by atoms with E-state index in [1.54, 1.807) is 17.5 Å². The van der Waals surface area contributed by atoms with Crippen molar-refractivity contribution in [1.29, 1.82) is 0 Å². The van der Waals surface area contributed by atoms with E-state index in [1.807, 2.05) is 31.2 Å². The summed E-state index contributed by atoms with van der Waals surface area (Å²) in [6, 6.07) is 13.7. The van der Waals surface area contributed by atoms with Gasteiger partial charge in [-0.25, -0.2) is 18.1 Å². The zero-order chi connectivity index (χ0) is 24.1. The Balaban J connectivity index is 1.23. The van der Waals surface area contributed by atoms with Crippen LogP contribution in [-0.4, -0.2) is 31.4 Å². The van der Waals surface area contributed by atoms with Crippen molar-refractivity contribution in [2.24, 2.45) is 0 Å². The van der Waals surface area contributed by atoms with Gasteiger partial charge in [0, 0.05) is 22.5 Å². The van der Waals surface area contributed by atoms with Crippen molar-refractivity contribution < 1.29 is 17.9 Å². The molecule has 0 spiro atoms. The molecule has 1 saturated carbocycles. The summed E-state index contributed by atoms with van der Waals surface area (Å²) in [6.45, 7) is 2.32. The summed E-state index contributed by atoms with van der Waals surface area (Å²) in [5, 5.41) is 5.97. The Hall–Kier alpha value is -2.46. The minimum atomic E-state index is -3.60. The van der Waals surface area contributed by atoms with Crippen molar-refractivity contribution in [2.45, 2.75) is 56.2 Å². The lowest BCUT2D eigenvalue weighted by atomic mass is 9.92. The fraction of sp³-hybridized carbons (Fsp3) is 0.333. The lowest BCUT2D eigenvalue weighted by Gasteiger charge is -2.29. The van der Waals surface area contributed by atoms with Gasteiger partial charge in [-0.05, 0) is 69.0 Å². The van der Waals surface area contributed by atoms with Crippen LogP contribution < -0.4 is 14.8 Å². The quantitative estimate of drug-likeness (QED) is 0.449. The van der Waals surface area contributed by atoms with Crippen molar-refractivity contribution in [3.63, 3.8) is 0 Å². The average molecular weight is 520 g/mol. The predicted octanol–water partition coefficient (Wildman–Crippen LogP) is 4.70. The lowest BCUT2D eigenvalue weighted by Crippen LogP contribution is -2.43. The molecule has 0 aliphatic heterocycles. The summed E-state index contributed by atoms with van der Waals surface area (Å²) in [5.74, 6) is 0.540. The van der Waals surface area contributed by atoms with E-state index in [-0.39, 0.29) is 22.9 Å². The topological polar surface area (TPSA) is 97.4 Å². The number of halogens is 1. The summed E-state index contributed by atoms with van der Waals surface area (Å²) >= 11 is 7.23. The molecule has 1 heterocycles. The first-order chi connectivity index (χ1) is 16.3. The van der Waals surface area contributed by atoms with Crippen LogP contribution in [0, 0.1) is 6.92 Å². The number of nitrogens with zero attached hydrogens (tertiary/aromatic N) is 1. The Morgan fingerprint density at radius 3 is 2.38 bits per heavy atom. The molecule has 2 N–H and O–H groups in total. The van der Waals surface area contributed by atoms with Gasteiger partial charge in [0.05, 0.1) is 4.90 Å². The fourth-order valence-electron chi connectivity index (χ4n) is 3.78. The number of aromatic nitrogens is 1. The van der Waals surface area contributed by atoms with Crippen molar-refractivity contribution in [3.05, 3.63) is 75.2 Å². The lowest BCUT2D eigenvalue weighted by molar-refractivity contribution is 0.0920. The molecule has 180 valence electrons. The molecule has 10 heteroatoms. The second-order valence-corrected chi connectivity index (χ2v) is 11.4. The molecule has 0 bridgehead atoms. The predicted molar refractivity (Wildman–Crippen MR) is 133 cm³/mol. The van der Waals surface area contributed by atoms with E-state index in [1.165, 1.54) is 23.5 Å². The van der Waals surface area contributed by atoms with Crippen LogP contribution in [0.3, 0.4) is 0 Å². The second-order valence-electron chi connectivity index (χ2n) is 8.33. The molecule has 1 aliphatic rings. The summed E-state index contributed by atoms with van der Waals surface area (Å²) in [6.07, 6.45) is 2.66. The van der Waals surface area contributed by atoms with Crippen molar-refractivity contribution in [3.8, 4) is 5.75 Å². The Kier molecular flexibility index (Phi) is 7.88. The zero-order valence-corrected chi connectivity index (χ0v) is 21.0. The number of carbonyl (C=O) groups is 1. The number of carbonyl (C=O) groups excluding carboxylic acids is 1. The third-order valence-corrected chi connectivity index (χ3v) is 8.29. The molecule has 1 amide bonds. The van der Waals surface area contributed by atoms with Gasteiger partial charge in [-0.15, -0.1) is 11.3 Å². The molecule has 0 saturated heterocycles. The monoisotopic (exact) mass is 519 g/mol. The Morgan fingerprint density at radius 2 is 1.71 bits per heavy atom. The number of hydrogen-bond acceptors (Lipinski definition) is 6. The molecule has 0 radical (unpaired) electrons. The van der Waals surface area contributed by atoms with Gasteiger partial charge in [-0.3, -0.25) is 4.79 Å². The summed E-state index contributed by atoms with van der Waals surface area (Å²) in [7, 11) is -3.60. The maximum atomic E-state index is 12.6. The minimum absolute atomic E-state index is 0.0160. The van der Waals surface area contributed by atoms with Crippen LogP contribution in [0.2, 0.25) is 5.02 Å². The van der Waals surface area contributed by atoms with E-state index >= 15 is 0 Å². The summed E-state index contributed by atoms with van der Waals surface area (Å²) < 4.78 is 33.6. The Morgan fingerprint density at radius 1 is 1.06 bits per heavy atom. The number of ether oxygens (including phenoxy) is 1. The number of nitrogens with one attached hydrogen (secondary N) is 2. The normalized spacial score (nSPS) is 18.4. The van der Waals surface area contributed by atoms with E-state index in [0.29, 0.717) is 43.0 Å². The standard InChI is InChI=1S/C24H26ClN3O4S2/c1-16-2-10-20(11-3-16)32-14-23-27-22(15-33-23)24(29)26-18-6-8-19(9-7-18)28-34(30,31)21-12-4-17(25)5-13-21/h2-5,10-13,15,18-19,28H,6-9,14H2,1H3,(H,26,29). The zero-order valence-electron chi connectivity index (χ0n) is 18.7. The average Bonchev–Trinajstić information content (AvgIpc) is 3.29. The molecule has 4 rings (SSSR count). The maximum absolute atomic E-state index is 12.6. The fourth-order valence-corrected chi connectivity index (χ4v) is 5.89. The SMILES string of the molecule is Cc1ccc(OCc2nc(C(=O)NC3CCC(NS(=O)(=O)c4ccc(Cl)cc4)CC3)cs2)cc1. The largest absolute Gasteiger partial charge is 0.486 e. The molecule has 2 aromatic carbocycles. The van der Waals surface area contributed by atoms with Gasteiger partial charge in [0.2, 0.25) is 10.0 Å². The highest BCUT2D eigenvalue weighted by Gasteiger charge is 2.27. The van der Waals surface area contributed by atoms with Crippen molar-refractivity contribution >= 4 is 38.9 Å². The molecule has 1 aliphatic carbocycles. The molecular weight excluding hydrogens is 494 g/mol. The van der Waals surface area contributed by atoms with E-state index in [0.717, 1.165) is 16.3 Å².